The molecular weight excluding hydrogens is 530 g/mol. The number of allylic oxidation sites excluding steroid dienone is 1. The number of aromatic nitrogens is 1. The van der Waals surface area contributed by atoms with Crippen LogP contribution in [0.5, 0.6) is 17.2 Å². The fourth-order valence-electron chi connectivity index (χ4n) is 5.49. The number of thiazole rings is 1. The zero-order valence-electron chi connectivity index (χ0n) is 22.0. The molecule has 0 saturated heterocycles. The van der Waals surface area contributed by atoms with Gasteiger partial charge in [-0.05, 0) is 42.2 Å². The minimum absolute atomic E-state index is 0.196. The monoisotopic (exact) mass is 555 g/mol. The molecule has 0 radical (unpaired) electrons. The molecule has 2 heterocycles. The SMILES string of the molecule is COc1cc(/C=c2\sc3n(c2=O)[C@H](c2ccccc2OC)C2=C(N=3)c3ccccc3CC2)c([N+](=O)[O-])cc1OC. The molecule has 0 spiro atoms. The first-order chi connectivity index (χ1) is 19.4. The second-order valence-corrected chi connectivity index (χ2v) is 10.4. The number of nitro benzene ring substituents is 1. The van der Waals surface area contributed by atoms with Crippen LogP contribution in [-0.4, -0.2) is 30.8 Å². The molecule has 0 saturated carbocycles. The fourth-order valence-corrected chi connectivity index (χ4v) is 6.48. The van der Waals surface area contributed by atoms with E-state index in [1.807, 2.05) is 36.4 Å². The van der Waals surface area contributed by atoms with Crippen molar-refractivity contribution in [3.63, 3.8) is 0 Å². The van der Waals surface area contributed by atoms with Crippen molar-refractivity contribution in [2.24, 2.45) is 4.99 Å². The third-order valence-electron chi connectivity index (χ3n) is 7.32. The lowest BCUT2D eigenvalue weighted by Gasteiger charge is -2.31. The highest BCUT2D eigenvalue weighted by molar-refractivity contribution is 7.07. The number of nitrogens with zero attached hydrogens (tertiary/aromatic N) is 3. The maximum absolute atomic E-state index is 14.1. The van der Waals surface area contributed by atoms with E-state index in [1.54, 1.807) is 11.7 Å². The predicted molar refractivity (Wildman–Crippen MR) is 152 cm³/mol. The lowest BCUT2D eigenvalue weighted by molar-refractivity contribution is -0.385. The number of rotatable bonds is 6. The maximum atomic E-state index is 14.1. The second-order valence-electron chi connectivity index (χ2n) is 9.38. The summed E-state index contributed by atoms with van der Waals surface area (Å²) >= 11 is 1.20. The van der Waals surface area contributed by atoms with E-state index >= 15 is 0 Å². The van der Waals surface area contributed by atoms with Crippen LogP contribution in [0.1, 0.15) is 34.7 Å². The lowest BCUT2D eigenvalue weighted by atomic mass is 9.83. The summed E-state index contributed by atoms with van der Waals surface area (Å²) in [5.74, 6) is 1.23. The third kappa shape index (κ3) is 4.08. The van der Waals surface area contributed by atoms with Gasteiger partial charge in [-0.3, -0.25) is 19.5 Å². The number of hydrogen-bond acceptors (Lipinski definition) is 8. The molecule has 1 aromatic heterocycles. The van der Waals surface area contributed by atoms with Gasteiger partial charge in [0.15, 0.2) is 16.3 Å². The zero-order valence-corrected chi connectivity index (χ0v) is 22.9. The molecular formula is C30H25N3O6S. The molecule has 40 heavy (non-hydrogen) atoms. The van der Waals surface area contributed by atoms with Gasteiger partial charge in [-0.1, -0.05) is 53.8 Å². The summed E-state index contributed by atoms with van der Waals surface area (Å²) in [6.45, 7) is 0. The Hall–Kier alpha value is -4.70. The van der Waals surface area contributed by atoms with Crippen molar-refractivity contribution >= 4 is 28.8 Å². The van der Waals surface area contributed by atoms with Gasteiger partial charge in [-0.25, -0.2) is 4.99 Å². The Morgan fingerprint density at radius 3 is 2.42 bits per heavy atom. The van der Waals surface area contributed by atoms with E-state index in [-0.39, 0.29) is 22.6 Å². The smallest absolute Gasteiger partial charge is 0.280 e. The van der Waals surface area contributed by atoms with E-state index < -0.39 is 11.0 Å². The van der Waals surface area contributed by atoms with Gasteiger partial charge < -0.3 is 14.2 Å². The molecule has 0 fully saturated rings. The Kier molecular flexibility index (Phi) is 6.47. The van der Waals surface area contributed by atoms with Gasteiger partial charge >= 0.3 is 0 Å². The molecule has 0 N–H and O–H groups in total. The molecule has 0 amide bonds. The molecule has 1 aliphatic carbocycles. The highest BCUT2D eigenvalue weighted by atomic mass is 32.1. The van der Waals surface area contributed by atoms with Crippen LogP contribution in [-0.2, 0) is 6.42 Å². The van der Waals surface area contributed by atoms with Crippen molar-refractivity contribution < 1.29 is 19.1 Å². The van der Waals surface area contributed by atoms with E-state index in [1.165, 1.54) is 49.3 Å². The average molecular weight is 556 g/mol. The van der Waals surface area contributed by atoms with Crippen LogP contribution < -0.4 is 29.1 Å². The Bertz CT molecular complexity index is 1890. The summed E-state index contributed by atoms with van der Waals surface area (Å²) in [7, 11) is 4.48. The van der Waals surface area contributed by atoms with Gasteiger partial charge in [0.1, 0.15) is 5.75 Å². The normalized spacial score (nSPS) is 16.0. The van der Waals surface area contributed by atoms with Crippen molar-refractivity contribution in [3.05, 3.63) is 118 Å². The van der Waals surface area contributed by atoms with Crippen molar-refractivity contribution in [2.45, 2.75) is 18.9 Å². The molecule has 10 heteroatoms. The van der Waals surface area contributed by atoms with Crippen LogP contribution in [0.2, 0.25) is 0 Å². The number of methoxy groups -OCH3 is 3. The van der Waals surface area contributed by atoms with Gasteiger partial charge in [-0.2, -0.15) is 0 Å². The van der Waals surface area contributed by atoms with Gasteiger partial charge in [0.05, 0.1) is 54.2 Å². The third-order valence-corrected chi connectivity index (χ3v) is 8.31. The van der Waals surface area contributed by atoms with Gasteiger partial charge in [0.2, 0.25) is 0 Å². The summed E-state index contributed by atoms with van der Waals surface area (Å²) in [6, 6.07) is 18.2. The summed E-state index contributed by atoms with van der Waals surface area (Å²) in [5, 5.41) is 11.9. The first-order valence-corrected chi connectivity index (χ1v) is 13.4. The molecule has 9 nitrogen and oxygen atoms in total. The van der Waals surface area contributed by atoms with E-state index in [2.05, 4.69) is 12.1 Å². The van der Waals surface area contributed by atoms with Crippen molar-refractivity contribution in [1.29, 1.82) is 0 Å². The Balaban J connectivity index is 1.64. The largest absolute Gasteiger partial charge is 0.496 e. The lowest BCUT2D eigenvalue weighted by Crippen LogP contribution is -2.39. The highest BCUT2D eigenvalue weighted by Crippen LogP contribution is 2.43. The Morgan fingerprint density at radius 2 is 1.68 bits per heavy atom. The number of para-hydroxylation sites is 1. The molecule has 0 unspecified atom stereocenters. The van der Waals surface area contributed by atoms with Crippen molar-refractivity contribution in [3.8, 4) is 17.2 Å². The molecule has 1 atom stereocenters. The minimum Gasteiger partial charge on any atom is -0.496 e. The van der Waals surface area contributed by atoms with E-state index in [0.29, 0.717) is 20.8 Å². The van der Waals surface area contributed by atoms with E-state index in [4.69, 9.17) is 19.2 Å². The predicted octanol–water partition coefficient (Wildman–Crippen LogP) is 4.25. The Morgan fingerprint density at radius 1 is 0.975 bits per heavy atom. The zero-order chi connectivity index (χ0) is 28.0. The number of aryl methyl sites for hydroxylation is 1. The van der Waals surface area contributed by atoms with Crippen LogP contribution in [0.15, 0.2) is 76.0 Å². The van der Waals surface area contributed by atoms with Gasteiger partial charge in [0, 0.05) is 11.1 Å². The molecule has 4 aromatic rings. The number of benzene rings is 3. The van der Waals surface area contributed by atoms with Crippen LogP contribution in [0, 0.1) is 10.1 Å². The summed E-state index contributed by atoms with van der Waals surface area (Å²) < 4.78 is 18.4. The topological polar surface area (TPSA) is 105 Å². The number of ether oxygens (including phenoxy) is 3. The average Bonchev–Trinajstić information content (AvgIpc) is 3.29. The van der Waals surface area contributed by atoms with Crippen LogP contribution in [0.25, 0.3) is 11.8 Å². The summed E-state index contributed by atoms with van der Waals surface area (Å²) in [4.78, 5) is 31.0. The molecule has 6 rings (SSSR count). The van der Waals surface area contributed by atoms with Gasteiger partial charge in [-0.15, -0.1) is 0 Å². The standard InChI is InChI=1S/C30H25N3O6S/c1-37-23-11-7-6-10-20(23)28-21-13-12-17-8-4-5-9-19(17)27(21)31-30-32(28)29(34)26(40-30)15-18-14-24(38-2)25(39-3)16-22(18)33(35)36/h4-11,14-16,28H,12-13H2,1-3H3/b26-15-/t28-/m1/s1. The van der Waals surface area contributed by atoms with Crippen LogP contribution in [0.3, 0.4) is 0 Å². The van der Waals surface area contributed by atoms with Crippen molar-refractivity contribution in [1.82, 2.24) is 4.57 Å². The highest BCUT2D eigenvalue weighted by Gasteiger charge is 2.34. The molecule has 202 valence electrons. The number of hydrogen-bond donors (Lipinski definition) is 0. The molecule has 0 bridgehead atoms. The molecule has 2 aliphatic rings. The quantitative estimate of drug-likeness (QED) is 0.260. The van der Waals surface area contributed by atoms with Crippen LogP contribution >= 0.6 is 11.3 Å². The minimum atomic E-state index is -0.502. The van der Waals surface area contributed by atoms with E-state index in [0.717, 1.165) is 35.2 Å². The summed E-state index contributed by atoms with van der Waals surface area (Å²) in [5.41, 5.74) is 4.78. The second kappa shape index (κ2) is 10.1. The number of fused-ring (bicyclic) bond motifs is 3. The van der Waals surface area contributed by atoms with Gasteiger partial charge in [0.25, 0.3) is 11.2 Å². The van der Waals surface area contributed by atoms with E-state index in [9.17, 15) is 14.9 Å². The molecule has 3 aromatic carbocycles. The first kappa shape index (κ1) is 25.6. The maximum Gasteiger partial charge on any atom is 0.280 e. The summed E-state index contributed by atoms with van der Waals surface area (Å²) in [6.07, 6.45) is 3.10. The first-order valence-electron chi connectivity index (χ1n) is 12.6. The fraction of sp³-hybridized carbons (Fsp3) is 0.200. The molecule has 1 aliphatic heterocycles. The Labute approximate surface area is 233 Å². The van der Waals surface area contributed by atoms with Crippen LogP contribution in [0.4, 0.5) is 5.69 Å². The van der Waals surface area contributed by atoms with Crippen molar-refractivity contribution in [2.75, 3.05) is 21.3 Å². The number of nitro groups is 1.